The molecule has 2 nitrogen and oxygen atoms in total. The summed E-state index contributed by atoms with van der Waals surface area (Å²) in [5.74, 6) is -0.262. The number of rotatable bonds is 1. The summed E-state index contributed by atoms with van der Waals surface area (Å²) in [4.78, 5) is 0. The van der Waals surface area contributed by atoms with E-state index in [-0.39, 0.29) is 5.82 Å². The molecule has 66 valence electrons. The highest BCUT2D eigenvalue weighted by atomic mass is 19.1. The minimum atomic E-state index is -0.262. The lowest BCUT2D eigenvalue weighted by Gasteiger charge is -1.94. The normalized spacial score (nSPS) is 10.6. The van der Waals surface area contributed by atoms with Crippen molar-refractivity contribution in [3.63, 3.8) is 0 Å². The van der Waals surface area contributed by atoms with Crippen LogP contribution in [0.15, 0.2) is 24.4 Å². The van der Waals surface area contributed by atoms with Crippen molar-refractivity contribution in [3.05, 3.63) is 35.8 Å². The van der Waals surface area contributed by atoms with Gasteiger partial charge in [0.05, 0.1) is 0 Å². The predicted molar refractivity (Wildman–Crippen MR) is 50.8 cm³/mol. The van der Waals surface area contributed by atoms with Crippen LogP contribution >= 0.6 is 0 Å². The average Bonchev–Trinajstić information content (AvgIpc) is 2.42. The topological polar surface area (TPSA) is 28.8 Å². The van der Waals surface area contributed by atoms with Crippen LogP contribution in [0.4, 0.5) is 4.39 Å². The Balaban J connectivity index is 2.89. The Morgan fingerprint density at radius 2 is 2.23 bits per heavy atom. The molecular weight excluding hydrogens is 167 g/mol. The van der Waals surface area contributed by atoms with Crippen LogP contribution in [0.5, 0.6) is 0 Å². The van der Waals surface area contributed by atoms with Gasteiger partial charge in [0.25, 0.3) is 0 Å². The smallest absolute Gasteiger partial charge is 0.123 e. The van der Waals surface area contributed by atoms with Crippen molar-refractivity contribution in [1.82, 2.24) is 4.57 Å². The molecule has 1 heterocycles. The Labute approximate surface area is 75.1 Å². The number of aryl methyl sites for hydroxylation is 1. The van der Waals surface area contributed by atoms with Gasteiger partial charge in [0.15, 0.2) is 0 Å². The van der Waals surface area contributed by atoms with Crippen LogP contribution < -0.4 is 0 Å². The third-order valence-electron chi connectivity index (χ3n) is 2.14. The van der Waals surface area contributed by atoms with Crippen LogP contribution in [0.25, 0.3) is 10.9 Å². The third kappa shape index (κ3) is 1.13. The second-order valence-electron chi connectivity index (χ2n) is 3.00. The monoisotopic (exact) mass is 176 g/mol. The van der Waals surface area contributed by atoms with Gasteiger partial charge in [-0.05, 0) is 18.2 Å². The third-order valence-corrected chi connectivity index (χ3v) is 2.14. The van der Waals surface area contributed by atoms with Gasteiger partial charge in [-0.1, -0.05) is 0 Å². The molecule has 0 saturated heterocycles. The number of hydrogen-bond acceptors (Lipinski definition) is 1. The van der Waals surface area contributed by atoms with E-state index in [1.807, 2.05) is 17.8 Å². The van der Waals surface area contributed by atoms with Gasteiger partial charge in [0.1, 0.15) is 5.82 Å². The van der Waals surface area contributed by atoms with Crippen LogP contribution in [0, 0.1) is 11.2 Å². The number of fused-ring (bicyclic) bond motifs is 1. The molecule has 0 aliphatic heterocycles. The maximum absolute atomic E-state index is 12.9. The number of nitrogens with one attached hydrogen (secondary N) is 1. The Morgan fingerprint density at radius 3 is 2.92 bits per heavy atom. The first-order chi connectivity index (χ1) is 6.22. The summed E-state index contributed by atoms with van der Waals surface area (Å²) in [5, 5.41) is 7.94. The highest BCUT2D eigenvalue weighted by Gasteiger charge is 2.04. The van der Waals surface area contributed by atoms with Crippen molar-refractivity contribution in [2.24, 2.45) is 7.05 Å². The standard InChI is InChI=1S/C10H9FN2/c1-13-6-7(5-12)9-4-8(11)2-3-10(9)13/h2-6,12H,1H3. The van der Waals surface area contributed by atoms with Crippen molar-refractivity contribution in [3.8, 4) is 0 Å². The molecule has 3 heteroatoms. The van der Waals surface area contributed by atoms with Gasteiger partial charge in [-0.25, -0.2) is 4.39 Å². The molecule has 0 spiro atoms. The van der Waals surface area contributed by atoms with E-state index in [1.54, 1.807) is 6.07 Å². The maximum Gasteiger partial charge on any atom is 0.123 e. The zero-order valence-electron chi connectivity index (χ0n) is 7.21. The average molecular weight is 176 g/mol. The van der Waals surface area contributed by atoms with E-state index in [4.69, 9.17) is 5.41 Å². The van der Waals surface area contributed by atoms with E-state index < -0.39 is 0 Å². The van der Waals surface area contributed by atoms with Crippen molar-refractivity contribution in [2.75, 3.05) is 0 Å². The van der Waals surface area contributed by atoms with E-state index in [2.05, 4.69) is 0 Å². The second-order valence-corrected chi connectivity index (χ2v) is 3.00. The number of aromatic nitrogens is 1. The van der Waals surface area contributed by atoms with Crippen molar-refractivity contribution in [2.45, 2.75) is 0 Å². The highest BCUT2D eigenvalue weighted by molar-refractivity contribution is 5.98. The molecule has 0 aliphatic rings. The zero-order valence-corrected chi connectivity index (χ0v) is 7.21. The molecule has 0 bridgehead atoms. The summed E-state index contributed by atoms with van der Waals surface area (Å²) in [6.07, 6.45) is 3.05. The van der Waals surface area contributed by atoms with E-state index >= 15 is 0 Å². The summed E-state index contributed by atoms with van der Waals surface area (Å²) < 4.78 is 14.8. The van der Waals surface area contributed by atoms with E-state index in [0.29, 0.717) is 0 Å². The molecular formula is C10H9FN2. The molecule has 0 fully saturated rings. The van der Waals surface area contributed by atoms with Gasteiger partial charge in [0.2, 0.25) is 0 Å². The fourth-order valence-electron chi connectivity index (χ4n) is 1.51. The van der Waals surface area contributed by atoms with Gasteiger partial charge in [-0.15, -0.1) is 0 Å². The summed E-state index contributed by atoms with van der Waals surface area (Å²) in [6, 6.07) is 4.60. The van der Waals surface area contributed by atoms with Crippen LogP contribution in [0.2, 0.25) is 0 Å². The van der Waals surface area contributed by atoms with Crippen molar-refractivity contribution >= 4 is 17.1 Å². The fourth-order valence-corrected chi connectivity index (χ4v) is 1.51. The number of halogens is 1. The Kier molecular flexibility index (Phi) is 1.65. The second kappa shape index (κ2) is 2.69. The first-order valence-electron chi connectivity index (χ1n) is 3.97. The summed E-state index contributed by atoms with van der Waals surface area (Å²) in [6.45, 7) is 0. The number of hydrogen-bond donors (Lipinski definition) is 1. The number of benzene rings is 1. The van der Waals surface area contributed by atoms with E-state index in [1.165, 1.54) is 18.3 Å². The Bertz CT molecular complexity index is 471. The molecule has 1 aromatic heterocycles. The lowest BCUT2D eigenvalue weighted by Crippen LogP contribution is -1.83. The SMILES string of the molecule is Cn1cc(C=N)c2cc(F)ccc21. The molecule has 13 heavy (non-hydrogen) atoms. The highest BCUT2D eigenvalue weighted by Crippen LogP contribution is 2.19. The molecule has 0 unspecified atom stereocenters. The van der Waals surface area contributed by atoms with Crippen LogP contribution in [-0.2, 0) is 7.05 Å². The first-order valence-corrected chi connectivity index (χ1v) is 3.97. The Morgan fingerprint density at radius 1 is 1.46 bits per heavy atom. The van der Waals surface area contributed by atoms with E-state index in [0.717, 1.165) is 16.5 Å². The molecule has 0 atom stereocenters. The molecule has 0 radical (unpaired) electrons. The van der Waals surface area contributed by atoms with Crippen molar-refractivity contribution < 1.29 is 4.39 Å². The van der Waals surface area contributed by atoms with Crippen LogP contribution in [0.3, 0.4) is 0 Å². The molecule has 0 saturated carbocycles. The van der Waals surface area contributed by atoms with Crippen LogP contribution in [-0.4, -0.2) is 10.8 Å². The summed E-state index contributed by atoms with van der Waals surface area (Å²) >= 11 is 0. The van der Waals surface area contributed by atoms with Gasteiger partial charge in [0, 0.05) is 35.9 Å². The summed E-state index contributed by atoms with van der Waals surface area (Å²) in [7, 11) is 1.88. The van der Waals surface area contributed by atoms with E-state index in [9.17, 15) is 4.39 Å². The largest absolute Gasteiger partial charge is 0.350 e. The number of nitrogens with zero attached hydrogens (tertiary/aromatic N) is 1. The maximum atomic E-state index is 12.9. The minimum Gasteiger partial charge on any atom is -0.350 e. The molecule has 2 aromatic rings. The van der Waals surface area contributed by atoms with Crippen molar-refractivity contribution in [1.29, 1.82) is 5.41 Å². The summed E-state index contributed by atoms with van der Waals surface area (Å²) in [5.41, 5.74) is 1.69. The Hall–Kier alpha value is -1.64. The zero-order chi connectivity index (χ0) is 9.42. The molecule has 0 aliphatic carbocycles. The lowest BCUT2D eigenvalue weighted by molar-refractivity contribution is 0.629. The van der Waals surface area contributed by atoms with Gasteiger partial charge in [-0.2, -0.15) is 0 Å². The van der Waals surface area contributed by atoms with Gasteiger partial charge < -0.3 is 9.98 Å². The quantitative estimate of drug-likeness (QED) is 0.646. The fraction of sp³-hybridized carbons (Fsp3) is 0.100. The van der Waals surface area contributed by atoms with Gasteiger partial charge in [-0.3, -0.25) is 0 Å². The predicted octanol–water partition coefficient (Wildman–Crippen LogP) is 2.32. The molecule has 2 rings (SSSR count). The van der Waals surface area contributed by atoms with Crippen LogP contribution in [0.1, 0.15) is 5.56 Å². The molecule has 1 N–H and O–H groups in total. The lowest BCUT2D eigenvalue weighted by atomic mass is 10.2. The first kappa shape index (κ1) is 7.98. The molecule has 0 amide bonds. The van der Waals surface area contributed by atoms with Gasteiger partial charge >= 0.3 is 0 Å². The minimum absolute atomic E-state index is 0.262. The molecule has 1 aromatic carbocycles.